The van der Waals surface area contributed by atoms with E-state index in [-0.39, 0.29) is 11.3 Å². The van der Waals surface area contributed by atoms with Gasteiger partial charge in [-0.15, -0.1) is 0 Å². The van der Waals surface area contributed by atoms with Gasteiger partial charge in [-0.05, 0) is 40.8 Å². The zero-order valence-electron chi connectivity index (χ0n) is 8.15. The van der Waals surface area contributed by atoms with Crippen molar-refractivity contribution in [3.05, 3.63) is 63.2 Å². The lowest BCUT2D eigenvalue weighted by Crippen LogP contribution is -2.04. The lowest BCUT2D eigenvalue weighted by atomic mass is 10.0. The van der Waals surface area contributed by atoms with Gasteiger partial charge in [0.2, 0.25) is 0 Å². The molecule has 0 unspecified atom stereocenters. The Hall–Kier alpha value is -1.30. The zero-order chi connectivity index (χ0) is 11.5. The summed E-state index contributed by atoms with van der Waals surface area (Å²) < 4.78 is 14.3. The second-order valence-corrected chi connectivity index (χ2v) is 4.44. The number of rotatable bonds is 2. The lowest BCUT2D eigenvalue weighted by Gasteiger charge is -2.02. The second kappa shape index (κ2) is 4.69. The predicted molar refractivity (Wildman–Crippen MR) is 66.8 cm³/mol. The highest BCUT2D eigenvalue weighted by molar-refractivity contribution is 14.1. The van der Waals surface area contributed by atoms with Crippen molar-refractivity contribution in [1.29, 1.82) is 0 Å². The van der Waals surface area contributed by atoms with Gasteiger partial charge in [0.1, 0.15) is 0 Å². The molecule has 0 radical (unpaired) electrons. The van der Waals surface area contributed by atoms with Crippen LogP contribution in [0.25, 0.3) is 0 Å². The first-order valence-corrected chi connectivity index (χ1v) is 5.66. The van der Waals surface area contributed by atoms with E-state index in [1.807, 2.05) is 6.07 Å². The molecule has 0 aliphatic carbocycles. The fourth-order valence-corrected chi connectivity index (χ4v) is 1.89. The molecule has 1 aromatic heterocycles. The highest BCUT2D eigenvalue weighted by atomic mass is 127. The largest absolute Gasteiger partial charge is 0.288 e. The van der Waals surface area contributed by atoms with E-state index in [4.69, 9.17) is 0 Å². The molecule has 0 fully saturated rings. The first-order valence-electron chi connectivity index (χ1n) is 4.58. The summed E-state index contributed by atoms with van der Waals surface area (Å²) in [7, 11) is 0. The Morgan fingerprint density at radius 2 is 2.12 bits per heavy atom. The first-order chi connectivity index (χ1) is 7.68. The van der Waals surface area contributed by atoms with Crippen molar-refractivity contribution in [2.45, 2.75) is 0 Å². The molecule has 4 heteroatoms. The summed E-state index contributed by atoms with van der Waals surface area (Å²) >= 11 is 2.11. The van der Waals surface area contributed by atoms with Crippen LogP contribution in [0.4, 0.5) is 4.39 Å². The van der Waals surface area contributed by atoms with Gasteiger partial charge in [-0.1, -0.05) is 12.1 Å². The van der Waals surface area contributed by atoms with E-state index < -0.39 is 5.82 Å². The van der Waals surface area contributed by atoms with Crippen LogP contribution in [-0.4, -0.2) is 10.8 Å². The average Bonchev–Trinajstić information content (AvgIpc) is 2.29. The normalized spacial score (nSPS) is 10.1. The van der Waals surface area contributed by atoms with Crippen molar-refractivity contribution in [3.63, 3.8) is 0 Å². The van der Waals surface area contributed by atoms with Gasteiger partial charge in [0.15, 0.2) is 11.6 Å². The number of ketones is 1. The van der Waals surface area contributed by atoms with Crippen molar-refractivity contribution in [3.8, 4) is 0 Å². The first kappa shape index (κ1) is 11.2. The van der Waals surface area contributed by atoms with Crippen LogP contribution in [-0.2, 0) is 0 Å². The minimum absolute atomic E-state index is 0.0528. The van der Waals surface area contributed by atoms with Crippen LogP contribution in [0.2, 0.25) is 0 Å². The summed E-state index contributed by atoms with van der Waals surface area (Å²) in [6, 6.07) is 8.43. The molecular weight excluding hydrogens is 320 g/mol. The number of pyridine rings is 1. The van der Waals surface area contributed by atoms with E-state index in [1.54, 1.807) is 18.2 Å². The Labute approximate surface area is 106 Å². The second-order valence-electron chi connectivity index (χ2n) is 3.19. The molecule has 80 valence electrons. The van der Waals surface area contributed by atoms with E-state index in [0.717, 1.165) is 9.77 Å². The maximum Gasteiger partial charge on any atom is 0.196 e. The van der Waals surface area contributed by atoms with Crippen LogP contribution in [0.5, 0.6) is 0 Å². The SMILES string of the molecule is O=C(c1cccc(I)c1)c1ccncc1F. The van der Waals surface area contributed by atoms with Gasteiger partial charge in [-0.2, -0.15) is 0 Å². The van der Waals surface area contributed by atoms with Crippen LogP contribution in [0.1, 0.15) is 15.9 Å². The molecule has 2 nitrogen and oxygen atoms in total. The Balaban J connectivity index is 2.44. The van der Waals surface area contributed by atoms with Crippen LogP contribution < -0.4 is 0 Å². The topological polar surface area (TPSA) is 30.0 Å². The van der Waals surface area contributed by atoms with Crippen LogP contribution >= 0.6 is 22.6 Å². The van der Waals surface area contributed by atoms with Gasteiger partial charge in [-0.25, -0.2) is 4.39 Å². The van der Waals surface area contributed by atoms with E-state index in [1.165, 1.54) is 12.3 Å². The highest BCUT2D eigenvalue weighted by Crippen LogP contribution is 2.14. The summed E-state index contributed by atoms with van der Waals surface area (Å²) in [4.78, 5) is 15.6. The van der Waals surface area contributed by atoms with Gasteiger partial charge >= 0.3 is 0 Å². The molecule has 2 rings (SSSR count). The van der Waals surface area contributed by atoms with Gasteiger partial charge in [0, 0.05) is 15.3 Å². The van der Waals surface area contributed by atoms with Crippen molar-refractivity contribution >= 4 is 28.4 Å². The number of benzene rings is 1. The van der Waals surface area contributed by atoms with Crippen molar-refractivity contribution < 1.29 is 9.18 Å². The molecule has 0 N–H and O–H groups in total. The molecule has 0 spiro atoms. The standard InChI is InChI=1S/C12H7FINO/c13-11-7-15-5-4-10(11)12(16)8-2-1-3-9(14)6-8/h1-7H. The quantitative estimate of drug-likeness (QED) is 0.627. The van der Waals surface area contributed by atoms with E-state index >= 15 is 0 Å². The Morgan fingerprint density at radius 1 is 1.31 bits per heavy atom. The molecule has 1 heterocycles. The maximum absolute atomic E-state index is 13.3. The highest BCUT2D eigenvalue weighted by Gasteiger charge is 2.13. The van der Waals surface area contributed by atoms with E-state index in [0.29, 0.717) is 5.56 Å². The van der Waals surface area contributed by atoms with Gasteiger partial charge in [0.25, 0.3) is 0 Å². The number of carbonyl (C=O) groups excluding carboxylic acids is 1. The summed E-state index contributed by atoms with van der Waals surface area (Å²) in [6.07, 6.45) is 2.45. The molecule has 0 aliphatic rings. The number of carbonyl (C=O) groups is 1. The number of aromatic nitrogens is 1. The third kappa shape index (κ3) is 2.27. The van der Waals surface area contributed by atoms with Crippen molar-refractivity contribution in [1.82, 2.24) is 4.98 Å². The fourth-order valence-electron chi connectivity index (χ4n) is 1.34. The van der Waals surface area contributed by atoms with Crippen molar-refractivity contribution in [2.75, 3.05) is 0 Å². The molecule has 0 bridgehead atoms. The van der Waals surface area contributed by atoms with Gasteiger partial charge in [-0.3, -0.25) is 9.78 Å². The maximum atomic E-state index is 13.3. The summed E-state index contributed by atoms with van der Waals surface area (Å²) in [5, 5.41) is 0. The molecule has 1 aromatic carbocycles. The molecule has 0 saturated heterocycles. The number of hydrogen-bond acceptors (Lipinski definition) is 2. The lowest BCUT2D eigenvalue weighted by molar-refractivity contribution is 0.103. The number of nitrogens with zero attached hydrogens (tertiary/aromatic N) is 1. The summed E-state index contributed by atoms with van der Waals surface area (Å²) in [5.41, 5.74) is 0.536. The number of halogens is 2. The molecule has 0 saturated carbocycles. The van der Waals surface area contributed by atoms with E-state index in [9.17, 15) is 9.18 Å². The third-order valence-electron chi connectivity index (χ3n) is 2.10. The number of hydrogen-bond donors (Lipinski definition) is 0. The van der Waals surface area contributed by atoms with Gasteiger partial charge in [0.05, 0.1) is 11.8 Å². The molecule has 0 amide bonds. The Bertz CT molecular complexity index is 542. The molecule has 2 aromatic rings. The van der Waals surface area contributed by atoms with Crippen molar-refractivity contribution in [2.24, 2.45) is 0 Å². The molecule has 0 atom stereocenters. The summed E-state index contributed by atoms with van der Waals surface area (Å²) in [6.45, 7) is 0. The predicted octanol–water partition coefficient (Wildman–Crippen LogP) is 3.06. The molecule has 0 aliphatic heterocycles. The minimum Gasteiger partial charge on any atom is -0.288 e. The Kier molecular flexibility index (Phi) is 3.28. The average molecular weight is 327 g/mol. The molecule has 16 heavy (non-hydrogen) atoms. The smallest absolute Gasteiger partial charge is 0.196 e. The van der Waals surface area contributed by atoms with Gasteiger partial charge < -0.3 is 0 Å². The fraction of sp³-hybridized carbons (Fsp3) is 0. The Morgan fingerprint density at radius 3 is 2.81 bits per heavy atom. The zero-order valence-corrected chi connectivity index (χ0v) is 10.3. The van der Waals surface area contributed by atoms with Crippen LogP contribution in [0.15, 0.2) is 42.7 Å². The van der Waals surface area contributed by atoms with Crippen LogP contribution in [0, 0.1) is 9.39 Å². The monoisotopic (exact) mass is 327 g/mol. The molecular formula is C12H7FINO. The third-order valence-corrected chi connectivity index (χ3v) is 2.77. The van der Waals surface area contributed by atoms with E-state index in [2.05, 4.69) is 27.6 Å². The minimum atomic E-state index is -0.591. The summed E-state index contributed by atoms with van der Waals surface area (Å²) in [5.74, 6) is -0.912. The van der Waals surface area contributed by atoms with Crippen LogP contribution in [0.3, 0.4) is 0 Å².